The van der Waals surface area contributed by atoms with Gasteiger partial charge in [0.05, 0.1) is 11.1 Å². The molecule has 0 radical (unpaired) electrons. The van der Waals surface area contributed by atoms with Crippen LogP contribution in [-0.4, -0.2) is 18.7 Å². The molecule has 1 atom stereocenters. The van der Waals surface area contributed by atoms with Crippen LogP contribution in [0.1, 0.15) is 33.1 Å². The number of unbranched alkanes of at least 4 members (excludes halogenated alkanes) is 1. The van der Waals surface area contributed by atoms with Gasteiger partial charge >= 0.3 is 5.97 Å². The fourth-order valence-electron chi connectivity index (χ4n) is 1.54. The van der Waals surface area contributed by atoms with Crippen molar-refractivity contribution in [3.63, 3.8) is 0 Å². The molecule has 3 nitrogen and oxygen atoms in total. The van der Waals surface area contributed by atoms with Crippen LogP contribution in [0.4, 0.5) is 0 Å². The fraction of sp³-hybridized carbons (Fsp3) is 0.500. The zero-order chi connectivity index (χ0) is 14.3. The van der Waals surface area contributed by atoms with E-state index in [4.69, 9.17) is 32.7 Å². The number of rotatable bonds is 7. The Bertz CT molecular complexity index is 421. The molecule has 1 aromatic carbocycles. The minimum atomic E-state index is -0.394. The summed E-state index contributed by atoms with van der Waals surface area (Å²) in [6, 6.07) is 4.84. The van der Waals surface area contributed by atoms with Gasteiger partial charge in [-0.05, 0) is 31.5 Å². The first kappa shape index (κ1) is 16.1. The first-order valence-corrected chi connectivity index (χ1v) is 7.05. The third-order valence-corrected chi connectivity index (χ3v) is 3.07. The topological polar surface area (TPSA) is 35.5 Å². The molecular weight excluding hydrogens is 287 g/mol. The highest BCUT2D eigenvalue weighted by molar-refractivity contribution is 6.35. The van der Waals surface area contributed by atoms with Gasteiger partial charge in [0.15, 0.2) is 6.61 Å². The molecule has 19 heavy (non-hydrogen) atoms. The number of benzene rings is 1. The van der Waals surface area contributed by atoms with E-state index in [1.165, 1.54) is 0 Å². The van der Waals surface area contributed by atoms with Crippen molar-refractivity contribution in [2.45, 2.75) is 39.2 Å². The molecule has 0 heterocycles. The molecule has 106 valence electrons. The summed E-state index contributed by atoms with van der Waals surface area (Å²) in [4.78, 5) is 11.6. The van der Waals surface area contributed by atoms with Gasteiger partial charge in [-0.1, -0.05) is 43.0 Å². The van der Waals surface area contributed by atoms with Gasteiger partial charge in [0.1, 0.15) is 5.75 Å². The Morgan fingerprint density at radius 3 is 2.74 bits per heavy atom. The number of halogens is 2. The molecular formula is C14H18Cl2O3. The third-order valence-electron chi connectivity index (χ3n) is 2.54. The summed E-state index contributed by atoms with van der Waals surface area (Å²) in [5.74, 6) is 0.0267. The van der Waals surface area contributed by atoms with Crippen molar-refractivity contribution in [1.82, 2.24) is 0 Å². The third kappa shape index (κ3) is 6.17. The van der Waals surface area contributed by atoms with Crippen LogP contribution in [0.5, 0.6) is 5.75 Å². The van der Waals surface area contributed by atoms with Crippen molar-refractivity contribution < 1.29 is 14.3 Å². The van der Waals surface area contributed by atoms with E-state index in [1.807, 2.05) is 6.92 Å². The summed E-state index contributed by atoms with van der Waals surface area (Å²) in [7, 11) is 0. The lowest BCUT2D eigenvalue weighted by Crippen LogP contribution is -2.20. The Labute approximate surface area is 123 Å². The van der Waals surface area contributed by atoms with E-state index < -0.39 is 5.97 Å². The van der Waals surface area contributed by atoms with E-state index in [1.54, 1.807) is 18.2 Å². The lowest BCUT2D eigenvalue weighted by Gasteiger charge is -2.13. The summed E-state index contributed by atoms with van der Waals surface area (Å²) in [5.41, 5.74) is 0. The van der Waals surface area contributed by atoms with Crippen molar-refractivity contribution in [2.24, 2.45) is 0 Å². The average molecular weight is 305 g/mol. The van der Waals surface area contributed by atoms with Crippen molar-refractivity contribution in [2.75, 3.05) is 6.61 Å². The molecule has 1 rings (SSSR count). The van der Waals surface area contributed by atoms with E-state index in [-0.39, 0.29) is 12.7 Å². The highest BCUT2D eigenvalue weighted by Gasteiger charge is 2.11. The maximum absolute atomic E-state index is 11.6. The number of carbonyl (C=O) groups is 1. The first-order chi connectivity index (χ1) is 9.02. The van der Waals surface area contributed by atoms with Gasteiger partial charge < -0.3 is 9.47 Å². The summed E-state index contributed by atoms with van der Waals surface area (Å²) in [5, 5.41) is 0.896. The maximum Gasteiger partial charge on any atom is 0.344 e. The predicted molar refractivity (Wildman–Crippen MR) is 77.0 cm³/mol. The molecule has 0 amide bonds. The lowest BCUT2D eigenvalue weighted by molar-refractivity contribution is -0.150. The van der Waals surface area contributed by atoms with Gasteiger partial charge in [-0.2, -0.15) is 0 Å². The molecule has 0 bridgehead atoms. The summed E-state index contributed by atoms with van der Waals surface area (Å²) in [6.07, 6.45) is 2.90. The van der Waals surface area contributed by atoms with Gasteiger partial charge in [-0.3, -0.25) is 0 Å². The Morgan fingerprint density at radius 1 is 1.37 bits per heavy atom. The van der Waals surface area contributed by atoms with Crippen molar-refractivity contribution in [1.29, 1.82) is 0 Å². The summed E-state index contributed by atoms with van der Waals surface area (Å²) < 4.78 is 10.5. The summed E-state index contributed by atoms with van der Waals surface area (Å²) in [6.45, 7) is 3.82. The molecule has 1 aromatic rings. The van der Waals surface area contributed by atoms with Crippen LogP contribution in [0, 0.1) is 0 Å². The molecule has 0 aliphatic heterocycles. The minimum Gasteiger partial charge on any atom is -0.480 e. The van der Waals surface area contributed by atoms with E-state index in [2.05, 4.69) is 6.92 Å². The predicted octanol–water partition coefficient (Wildman–Crippen LogP) is 4.49. The van der Waals surface area contributed by atoms with Crippen molar-refractivity contribution >= 4 is 29.2 Å². The van der Waals surface area contributed by atoms with Crippen LogP contribution in [0.25, 0.3) is 0 Å². The van der Waals surface area contributed by atoms with Crippen LogP contribution in [0.2, 0.25) is 10.0 Å². The van der Waals surface area contributed by atoms with E-state index >= 15 is 0 Å². The fourth-order valence-corrected chi connectivity index (χ4v) is 2.00. The molecule has 0 spiro atoms. The van der Waals surface area contributed by atoms with Crippen LogP contribution in [0.3, 0.4) is 0 Å². The van der Waals surface area contributed by atoms with Gasteiger partial charge in [-0.25, -0.2) is 4.79 Å². The quantitative estimate of drug-likeness (QED) is 0.696. The molecule has 0 saturated carbocycles. The smallest absolute Gasteiger partial charge is 0.344 e. The first-order valence-electron chi connectivity index (χ1n) is 6.30. The van der Waals surface area contributed by atoms with Crippen LogP contribution >= 0.6 is 23.2 Å². The van der Waals surface area contributed by atoms with Crippen molar-refractivity contribution in [3.05, 3.63) is 28.2 Å². The monoisotopic (exact) mass is 304 g/mol. The highest BCUT2D eigenvalue weighted by atomic mass is 35.5. The van der Waals surface area contributed by atoms with Gasteiger partial charge in [-0.15, -0.1) is 0 Å². The standard InChI is InChI=1S/C14H18Cl2O3/c1-3-4-5-10(2)19-14(17)9-18-13-7-6-11(15)8-12(13)16/h6-8,10H,3-5,9H2,1-2H3. The van der Waals surface area contributed by atoms with Gasteiger partial charge in [0.25, 0.3) is 0 Å². The summed E-state index contributed by atoms with van der Waals surface area (Å²) >= 11 is 11.7. The number of carbonyl (C=O) groups excluding carboxylic acids is 1. The highest BCUT2D eigenvalue weighted by Crippen LogP contribution is 2.27. The molecule has 5 heteroatoms. The second-order valence-corrected chi connectivity index (χ2v) is 5.15. The normalized spacial score (nSPS) is 12.0. The SMILES string of the molecule is CCCCC(C)OC(=O)COc1ccc(Cl)cc1Cl. The molecule has 0 aliphatic rings. The number of ether oxygens (including phenoxy) is 2. The Kier molecular flexibility index (Phi) is 7.03. The second kappa shape index (κ2) is 8.28. The average Bonchev–Trinajstić information content (AvgIpc) is 2.35. The zero-order valence-corrected chi connectivity index (χ0v) is 12.6. The molecule has 0 aliphatic carbocycles. The van der Waals surface area contributed by atoms with E-state index in [0.29, 0.717) is 15.8 Å². The number of hydrogen-bond donors (Lipinski definition) is 0. The molecule has 0 N–H and O–H groups in total. The largest absolute Gasteiger partial charge is 0.480 e. The van der Waals surface area contributed by atoms with Crippen LogP contribution < -0.4 is 4.74 Å². The Hall–Kier alpha value is -0.930. The minimum absolute atomic E-state index is 0.0864. The van der Waals surface area contributed by atoms with Gasteiger partial charge in [0, 0.05) is 5.02 Å². The van der Waals surface area contributed by atoms with E-state index in [9.17, 15) is 4.79 Å². The number of hydrogen-bond acceptors (Lipinski definition) is 3. The van der Waals surface area contributed by atoms with Crippen LogP contribution in [-0.2, 0) is 9.53 Å². The Balaban J connectivity index is 2.37. The second-order valence-electron chi connectivity index (χ2n) is 4.31. The molecule has 0 fully saturated rings. The molecule has 1 unspecified atom stereocenters. The Morgan fingerprint density at radius 2 is 2.11 bits per heavy atom. The lowest BCUT2D eigenvalue weighted by atomic mass is 10.2. The maximum atomic E-state index is 11.6. The van der Waals surface area contributed by atoms with Gasteiger partial charge in [0.2, 0.25) is 0 Å². The van der Waals surface area contributed by atoms with Crippen molar-refractivity contribution in [3.8, 4) is 5.75 Å². The van der Waals surface area contributed by atoms with E-state index in [0.717, 1.165) is 19.3 Å². The van der Waals surface area contributed by atoms with Crippen LogP contribution in [0.15, 0.2) is 18.2 Å². The zero-order valence-electron chi connectivity index (χ0n) is 11.1. The molecule has 0 aromatic heterocycles. The molecule has 0 saturated heterocycles. The number of esters is 1.